The van der Waals surface area contributed by atoms with Gasteiger partial charge in [-0.25, -0.2) is 0 Å². The van der Waals surface area contributed by atoms with Crippen molar-refractivity contribution in [2.75, 3.05) is 7.05 Å². The van der Waals surface area contributed by atoms with E-state index in [4.69, 9.17) is 27.9 Å². The molecule has 0 saturated heterocycles. The molecular weight excluding hydrogens is 293 g/mol. The maximum Gasteiger partial charge on any atom is 0.146 e. The number of halogens is 2. The second kappa shape index (κ2) is 6.49. The number of hydrogen-bond acceptors (Lipinski definition) is 2. The normalized spacial score (nSPS) is 12.2. The van der Waals surface area contributed by atoms with Crippen LogP contribution < -0.4 is 10.1 Å². The fraction of sp³-hybridized carbons (Fsp3) is 0.250. The molecule has 2 aromatic carbocycles. The van der Waals surface area contributed by atoms with Crippen molar-refractivity contribution in [3.05, 3.63) is 57.6 Å². The van der Waals surface area contributed by atoms with E-state index in [-0.39, 0.29) is 6.04 Å². The van der Waals surface area contributed by atoms with Gasteiger partial charge in [0.1, 0.15) is 11.5 Å². The highest BCUT2D eigenvalue weighted by Crippen LogP contribution is 2.33. The van der Waals surface area contributed by atoms with Crippen molar-refractivity contribution >= 4 is 23.2 Å². The SMILES string of the molecule is CNC(C)c1ccc(Oc2ccc(Cl)cc2C)c(Cl)c1. The molecule has 0 aromatic heterocycles. The Morgan fingerprint density at radius 1 is 1.05 bits per heavy atom. The molecule has 0 bridgehead atoms. The Bertz CT molecular complexity index is 613. The quantitative estimate of drug-likeness (QED) is 0.819. The van der Waals surface area contributed by atoms with E-state index in [1.165, 1.54) is 0 Å². The highest BCUT2D eigenvalue weighted by atomic mass is 35.5. The molecule has 1 atom stereocenters. The molecule has 0 aliphatic carbocycles. The molecule has 0 saturated carbocycles. The van der Waals surface area contributed by atoms with Crippen molar-refractivity contribution in [3.63, 3.8) is 0 Å². The lowest BCUT2D eigenvalue weighted by molar-refractivity contribution is 0.478. The van der Waals surface area contributed by atoms with Gasteiger partial charge in [0, 0.05) is 11.1 Å². The molecule has 0 aliphatic rings. The van der Waals surface area contributed by atoms with Crippen molar-refractivity contribution in [1.82, 2.24) is 5.32 Å². The second-order valence-electron chi connectivity index (χ2n) is 4.71. The molecule has 0 amide bonds. The van der Waals surface area contributed by atoms with Gasteiger partial charge in [0.2, 0.25) is 0 Å². The molecule has 20 heavy (non-hydrogen) atoms. The Hall–Kier alpha value is -1.22. The minimum absolute atomic E-state index is 0.249. The van der Waals surface area contributed by atoms with E-state index in [1.807, 2.05) is 44.3 Å². The van der Waals surface area contributed by atoms with Gasteiger partial charge in [-0.2, -0.15) is 0 Å². The maximum atomic E-state index is 6.29. The van der Waals surface area contributed by atoms with Crippen molar-refractivity contribution in [2.24, 2.45) is 0 Å². The molecule has 106 valence electrons. The van der Waals surface area contributed by atoms with Crippen LogP contribution in [0.4, 0.5) is 0 Å². The van der Waals surface area contributed by atoms with Gasteiger partial charge in [-0.05, 0) is 62.4 Å². The van der Waals surface area contributed by atoms with Gasteiger partial charge in [-0.3, -0.25) is 0 Å². The molecule has 0 radical (unpaired) electrons. The summed E-state index contributed by atoms with van der Waals surface area (Å²) in [4.78, 5) is 0. The van der Waals surface area contributed by atoms with E-state index >= 15 is 0 Å². The minimum atomic E-state index is 0.249. The average Bonchev–Trinajstić information content (AvgIpc) is 2.42. The van der Waals surface area contributed by atoms with E-state index in [9.17, 15) is 0 Å². The van der Waals surface area contributed by atoms with E-state index in [0.717, 1.165) is 16.9 Å². The second-order valence-corrected chi connectivity index (χ2v) is 5.56. The molecule has 0 spiro atoms. The number of hydrogen-bond donors (Lipinski definition) is 1. The number of rotatable bonds is 4. The Labute approximate surface area is 129 Å². The highest BCUT2D eigenvalue weighted by molar-refractivity contribution is 6.32. The third-order valence-electron chi connectivity index (χ3n) is 3.25. The summed E-state index contributed by atoms with van der Waals surface area (Å²) in [7, 11) is 1.92. The molecule has 4 heteroatoms. The third kappa shape index (κ3) is 3.45. The molecule has 0 aliphatic heterocycles. The molecule has 1 unspecified atom stereocenters. The lowest BCUT2D eigenvalue weighted by Crippen LogP contribution is -2.12. The van der Waals surface area contributed by atoms with Crippen molar-refractivity contribution < 1.29 is 4.74 Å². The largest absolute Gasteiger partial charge is 0.456 e. The van der Waals surface area contributed by atoms with Crippen LogP contribution >= 0.6 is 23.2 Å². The lowest BCUT2D eigenvalue weighted by atomic mass is 10.1. The zero-order valence-electron chi connectivity index (χ0n) is 11.7. The van der Waals surface area contributed by atoms with Gasteiger partial charge in [0.25, 0.3) is 0 Å². The molecule has 2 rings (SSSR count). The maximum absolute atomic E-state index is 6.29. The van der Waals surface area contributed by atoms with Gasteiger partial charge >= 0.3 is 0 Å². The summed E-state index contributed by atoms with van der Waals surface area (Å²) in [5, 5.41) is 4.47. The zero-order valence-corrected chi connectivity index (χ0v) is 13.2. The fourth-order valence-electron chi connectivity index (χ4n) is 1.88. The van der Waals surface area contributed by atoms with E-state index < -0.39 is 0 Å². The smallest absolute Gasteiger partial charge is 0.146 e. The predicted molar refractivity (Wildman–Crippen MR) is 85.2 cm³/mol. The summed E-state index contributed by atoms with van der Waals surface area (Å²) in [6.07, 6.45) is 0. The summed E-state index contributed by atoms with van der Waals surface area (Å²) in [6.45, 7) is 4.03. The van der Waals surface area contributed by atoms with Crippen LogP contribution in [-0.2, 0) is 0 Å². The van der Waals surface area contributed by atoms with Crippen LogP contribution in [0.3, 0.4) is 0 Å². The molecule has 0 heterocycles. The lowest BCUT2D eigenvalue weighted by Gasteiger charge is -2.14. The third-order valence-corrected chi connectivity index (χ3v) is 3.78. The topological polar surface area (TPSA) is 21.3 Å². The van der Waals surface area contributed by atoms with E-state index in [2.05, 4.69) is 12.2 Å². The number of nitrogens with one attached hydrogen (secondary N) is 1. The Kier molecular flexibility index (Phi) is 4.92. The van der Waals surface area contributed by atoms with Gasteiger partial charge in [-0.15, -0.1) is 0 Å². The van der Waals surface area contributed by atoms with Gasteiger partial charge in [0.05, 0.1) is 5.02 Å². The molecule has 0 fully saturated rings. The molecule has 2 nitrogen and oxygen atoms in total. The van der Waals surface area contributed by atoms with E-state index in [0.29, 0.717) is 15.8 Å². The van der Waals surface area contributed by atoms with Crippen LogP contribution in [0.2, 0.25) is 10.0 Å². The van der Waals surface area contributed by atoms with Crippen LogP contribution in [-0.4, -0.2) is 7.05 Å². The zero-order chi connectivity index (χ0) is 14.7. The summed E-state index contributed by atoms with van der Waals surface area (Å²) in [5.74, 6) is 1.40. The van der Waals surface area contributed by atoms with Gasteiger partial charge in [-0.1, -0.05) is 29.3 Å². The minimum Gasteiger partial charge on any atom is -0.456 e. The standard InChI is InChI=1S/C16H17Cl2NO/c1-10-8-13(17)5-7-15(10)20-16-6-4-12(9-14(16)18)11(2)19-3/h4-9,11,19H,1-3H3. The van der Waals surface area contributed by atoms with Crippen LogP contribution in [0.5, 0.6) is 11.5 Å². The Balaban J connectivity index is 2.25. The van der Waals surface area contributed by atoms with Crippen LogP contribution in [0, 0.1) is 6.92 Å². The van der Waals surface area contributed by atoms with Gasteiger partial charge < -0.3 is 10.1 Å². The molecule has 1 N–H and O–H groups in total. The predicted octanol–water partition coefficient (Wildman–Crippen LogP) is 5.37. The number of benzene rings is 2. The first-order valence-corrected chi connectivity index (χ1v) is 7.17. The average molecular weight is 310 g/mol. The highest BCUT2D eigenvalue weighted by Gasteiger charge is 2.09. The molecule has 2 aromatic rings. The number of ether oxygens (including phenoxy) is 1. The first-order chi connectivity index (χ1) is 9.51. The van der Waals surface area contributed by atoms with E-state index in [1.54, 1.807) is 6.07 Å². The Morgan fingerprint density at radius 3 is 2.35 bits per heavy atom. The van der Waals surface area contributed by atoms with Crippen molar-refractivity contribution in [1.29, 1.82) is 0 Å². The monoisotopic (exact) mass is 309 g/mol. The first-order valence-electron chi connectivity index (χ1n) is 6.42. The first kappa shape index (κ1) is 15.2. The Morgan fingerprint density at radius 2 is 1.75 bits per heavy atom. The summed E-state index contributed by atoms with van der Waals surface area (Å²) in [6, 6.07) is 11.6. The van der Waals surface area contributed by atoms with Crippen molar-refractivity contribution in [3.8, 4) is 11.5 Å². The summed E-state index contributed by atoms with van der Waals surface area (Å²) >= 11 is 12.2. The van der Waals surface area contributed by atoms with Crippen LogP contribution in [0.15, 0.2) is 36.4 Å². The summed E-state index contributed by atoms with van der Waals surface area (Å²) in [5.41, 5.74) is 2.10. The molecular formula is C16H17Cl2NO. The van der Waals surface area contributed by atoms with Gasteiger partial charge in [0.15, 0.2) is 0 Å². The number of aryl methyl sites for hydroxylation is 1. The summed E-state index contributed by atoms with van der Waals surface area (Å²) < 4.78 is 5.85. The van der Waals surface area contributed by atoms with Crippen LogP contribution in [0.1, 0.15) is 24.1 Å². The van der Waals surface area contributed by atoms with Crippen LogP contribution in [0.25, 0.3) is 0 Å². The fourth-order valence-corrected chi connectivity index (χ4v) is 2.34. The van der Waals surface area contributed by atoms with Crippen molar-refractivity contribution in [2.45, 2.75) is 19.9 Å².